The molecule has 1 aromatic carbocycles. The number of piperazine rings is 1. The van der Waals surface area contributed by atoms with Gasteiger partial charge in [0, 0.05) is 39.1 Å². The first-order chi connectivity index (χ1) is 10.9. The Morgan fingerprint density at radius 2 is 2.12 bits per heavy atom. The summed E-state index contributed by atoms with van der Waals surface area (Å²) in [7, 11) is -2.13. The van der Waals surface area contributed by atoms with E-state index in [0.717, 1.165) is 0 Å². The Kier molecular flexibility index (Phi) is 5.64. The highest BCUT2D eigenvalue weighted by atomic mass is 35.5. The molecule has 1 aliphatic rings. The van der Waals surface area contributed by atoms with Crippen LogP contribution in [0.4, 0.5) is 4.39 Å². The Balaban J connectivity index is 0.00000208. The van der Waals surface area contributed by atoms with Crippen LogP contribution in [0.5, 0.6) is 0 Å². The van der Waals surface area contributed by atoms with Crippen LogP contribution in [0.25, 0.3) is 0 Å². The molecule has 0 radical (unpaired) electrons. The second-order valence-electron chi connectivity index (χ2n) is 5.67. The summed E-state index contributed by atoms with van der Waals surface area (Å²) >= 11 is 0. The van der Waals surface area contributed by atoms with Crippen molar-refractivity contribution >= 4 is 22.4 Å². The predicted octanol–water partition coefficient (Wildman–Crippen LogP) is 1.62. The largest absolute Gasteiger partial charge is 0.337 e. The van der Waals surface area contributed by atoms with Crippen LogP contribution in [0.15, 0.2) is 35.5 Å². The van der Waals surface area contributed by atoms with Crippen LogP contribution >= 0.6 is 12.4 Å². The summed E-state index contributed by atoms with van der Waals surface area (Å²) in [5.74, 6) is -0.0958. The van der Waals surface area contributed by atoms with Crippen LogP contribution in [-0.2, 0) is 17.1 Å². The van der Waals surface area contributed by atoms with Gasteiger partial charge in [-0.25, -0.2) is 17.8 Å². The summed E-state index contributed by atoms with van der Waals surface area (Å²) in [6, 6.07) is 3.67. The van der Waals surface area contributed by atoms with Crippen molar-refractivity contribution in [2.45, 2.75) is 17.9 Å². The molecule has 2 aromatic rings. The Labute approximate surface area is 147 Å². The molecule has 0 amide bonds. The second-order valence-corrected chi connectivity index (χ2v) is 7.52. The molecule has 1 fully saturated rings. The molecule has 9 heteroatoms. The van der Waals surface area contributed by atoms with Gasteiger partial charge in [0.2, 0.25) is 10.0 Å². The molecule has 3 rings (SSSR count). The Hall–Kier alpha value is -1.48. The van der Waals surface area contributed by atoms with E-state index in [-0.39, 0.29) is 23.8 Å². The first-order valence-corrected chi connectivity index (χ1v) is 8.81. The van der Waals surface area contributed by atoms with Gasteiger partial charge < -0.3 is 9.88 Å². The number of hydrogen-bond donors (Lipinski definition) is 1. The van der Waals surface area contributed by atoms with Crippen LogP contribution in [-0.4, -0.2) is 41.9 Å². The highest BCUT2D eigenvalue weighted by Crippen LogP contribution is 2.29. The lowest BCUT2D eigenvalue weighted by Crippen LogP contribution is -2.49. The summed E-state index contributed by atoms with van der Waals surface area (Å²) in [6.07, 6.45) is 3.39. The average molecular weight is 375 g/mol. The van der Waals surface area contributed by atoms with Crippen LogP contribution in [0.3, 0.4) is 0 Å². The van der Waals surface area contributed by atoms with Crippen molar-refractivity contribution in [1.82, 2.24) is 19.2 Å². The molecule has 24 heavy (non-hydrogen) atoms. The van der Waals surface area contributed by atoms with Gasteiger partial charge in [0.15, 0.2) is 0 Å². The fraction of sp³-hybridized carbons (Fsp3) is 0.400. The van der Waals surface area contributed by atoms with Gasteiger partial charge >= 0.3 is 0 Å². The molecule has 1 N–H and O–H groups in total. The molecule has 1 atom stereocenters. The Morgan fingerprint density at radius 3 is 2.79 bits per heavy atom. The zero-order valence-corrected chi connectivity index (χ0v) is 15.1. The van der Waals surface area contributed by atoms with E-state index in [4.69, 9.17) is 0 Å². The fourth-order valence-electron chi connectivity index (χ4n) is 2.83. The van der Waals surface area contributed by atoms with Crippen molar-refractivity contribution in [2.24, 2.45) is 7.05 Å². The quantitative estimate of drug-likeness (QED) is 0.886. The second kappa shape index (κ2) is 7.18. The van der Waals surface area contributed by atoms with Crippen molar-refractivity contribution in [2.75, 3.05) is 19.6 Å². The van der Waals surface area contributed by atoms with Gasteiger partial charge in [-0.05, 0) is 24.6 Å². The van der Waals surface area contributed by atoms with Gasteiger partial charge in [0.1, 0.15) is 16.5 Å². The highest BCUT2D eigenvalue weighted by Gasteiger charge is 2.37. The molecule has 1 aliphatic heterocycles. The molecule has 132 valence electrons. The summed E-state index contributed by atoms with van der Waals surface area (Å²) in [5.41, 5.74) is 0.702. The molecule has 2 heterocycles. The van der Waals surface area contributed by atoms with E-state index in [2.05, 4.69) is 10.3 Å². The maximum absolute atomic E-state index is 14.1. The smallest absolute Gasteiger partial charge is 0.246 e. The number of imidazole rings is 1. The standard InChI is InChI=1S/C15H19FN4O2S.ClH/c1-11-3-4-12(16)14(9-11)23(21,22)20-8-5-17-10-13(20)15-18-6-7-19(15)2;/h3-4,6-7,9,13,17H,5,8,10H2,1-2H3;1H. The van der Waals surface area contributed by atoms with Gasteiger partial charge in [0.05, 0.1) is 6.04 Å². The molecule has 6 nitrogen and oxygen atoms in total. The summed E-state index contributed by atoms with van der Waals surface area (Å²) in [4.78, 5) is 3.98. The molecule has 1 unspecified atom stereocenters. The van der Waals surface area contributed by atoms with Gasteiger partial charge in [0.25, 0.3) is 0 Å². The molecule has 0 spiro atoms. The zero-order chi connectivity index (χ0) is 16.6. The van der Waals surface area contributed by atoms with Crippen LogP contribution in [0.2, 0.25) is 0 Å². The number of nitrogens with zero attached hydrogens (tertiary/aromatic N) is 3. The highest BCUT2D eigenvalue weighted by molar-refractivity contribution is 7.89. The lowest BCUT2D eigenvalue weighted by Gasteiger charge is -2.34. The fourth-order valence-corrected chi connectivity index (χ4v) is 4.56. The third-order valence-corrected chi connectivity index (χ3v) is 5.95. The van der Waals surface area contributed by atoms with E-state index in [1.165, 1.54) is 16.4 Å². The number of benzene rings is 1. The monoisotopic (exact) mass is 374 g/mol. The van der Waals surface area contributed by atoms with Crippen molar-refractivity contribution in [3.05, 3.63) is 47.8 Å². The average Bonchev–Trinajstić information content (AvgIpc) is 2.95. The Morgan fingerprint density at radius 1 is 1.38 bits per heavy atom. The molecule has 0 bridgehead atoms. The zero-order valence-electron chi connectivity index (χ0n) is 13.4. The lowest BCUT2D eigenvalue weighted by atomic mass is 10.2. The number of hydrogen-bond acceptors (Lipinski definition) is 4. The van der Waals surface area contributed by atoms with Gasteiger partial charge in [-0.15, -0.1) is 12.4 Å². The van der Waals surface area contributed by atoms with Crippen molar-refractivity contribution in [3.8, 4) is 0 Å². The first-order valence-electron chi connectivity index (χ1n) is 7.37. The van der Waals surface area contributed by atoms with Crippen LogP contribution in [0.1, 0.15) is 17.4 Å². The third-order valence-electron chi connectivity index (χ3n) is 4.02. The minimum absolute atomic E-state index is 0. The van der Waals surface area contributed by atoms with E-state index < -0.39 is 21.9 Å². The minimum Gasteiger partial charge on any atom is -0.337 e. The molecular formula is C15H20ClFN4O2S. The number of halogens is 2. The SMILES string of the molecule is Cc1ccc(F)c(S(=O)(=O)N2CCNCC2c2nccn2C)c1.Cl. The van der Waals surface area contributed by atoms with E-state index >= 15 is 0 Å². The minimum atomic E-state index is -3.94. The van der Waals surface area contributed by atoms with E-state index in [1.54, 1.807) is 30.0 Å². The summed E-state index contributed by atoms with van der Waals surface area (Å²) < 4.78 is 43.2. The third kappa shape index (κ3) is 3.32. The number of nitrogens with one attached hydrogen (secondary N) is 1. The molecule has 0 aliphatic carbocycles. The van der Waals surface area contributed by atoms with Crippen LogP contribution in [0, 0.1) is 12.7 Å². The predicted molar refractivity (Wildman–Crippen MR) is 91.1 cm³/mol. The number of aryl methyl sites for hydroxylation is 2. The van der Waals surface area contributed by atoms with E-state index in [1.807, 2.05) is 7.05 Å². The van der Waals surface area contributed by atoms with Crippen molar-refractivity contribution in [3.63, 3.8) is 0 Å². The van der Waals surface area contributed by atoms with E-state index in [9.17, 15) is 12.8 Å². The maximum Gasteiger partial charge on any atom is 0.246 e. The molecule has 1 aromatic heterocycles. The molecule has 1 saturated heterocycles. The van der Waals surface area contributed by atoms with Crippen molar-refractivity contribution in [1.29, 1.82) is 0 Å². The topological polar surface area (TPSA) is 67.2 Å². The summed E-state index contributed by atoms with van der Waals surface area (Å²) in [6.45, 7) is 2.98. The van der Waals surface area contributed by atoms with Crippen molar-refractivity contribution < 1.29 is 12.8 Å². The first kappa shape index (κ1) is 18.9. The Bertz CT molecular complexity index is 825. The number of aromatic nitrogens is 2. The summed E-state index contributed by atoms with van der Waals surface area (Å²) in [5, 5.41) is 3.18. The van der Waals surface area contributed by atoms with Gasteiger partial charge in [-0.2, -0.15) is 4.31 Å². The lowest BCUT2D eigenvalue weighted by molar-refractivity contribution is 0.257. The normalized spacial score (nSPS) is 19.0. The van der Waals surface area contributed by atoms with Gasteiger partial charge in [-0.1, -0.05) is 6.07 Å². The maximum atomic E-state index is 14.1. The number of rotatable bonds is 3. The number of sulfonamides is 1. The molecular weight excluding hydrogens is 355 g/mol. The van der Waals surface area contributed by atoms with Gasteiger partial charge in [-0.3, -0.25) is 0 Å². The van der Waals surface area contributed by atoms with E-state index in [0.29, 0.717) is 24.5 Å². The van der Waals surface area contributed by atoms with Crippen LogP contribution < -0.4 is 5.32 Å². The molecule has 0 saturated carbocycles.